The average molecular weight is 341 g/mol. The van der Waals surface area contributed by atoms with E-state index >= 15 is 0 Å². The van der Waals surface area contributed by atoms with E-state index in [4.69, 9.17) is 0 Å². The fourth-order valence-corrected chi connectivity index (χ4v) is 3.52. The molecule has 2 atom stereocenters. The summed E-state index contributed by atoms with van der Waals surface area (Å²) in [5.74, 6) is 0.323. The Balaban J connectivity index is 1.54. The summed E-state index contributed by atoms with van der Waals surface area (Å²) in [6.45, 7) is 8.48. The second-order valence-electron chi connectivity index (χ2n) is 7.03. The van der Waals surface area contributed by atoms with Gasteiger partial charge in [-0.25, -0.2) is 4.79 Å². The van der Waals surface area contributed by atoms with Gasteiger partial charge in [0.1, 0.15) is 0 Å². The lowest BCUT2D eigenvalue weighted by atomic mass is 10.1. The molecule has 3 rings (SSSR count). The summed E-state index contributed by atoms with van der Waals surface area (Å²) in [5.41, 5.74) is 3.36. The molecular formula is C19H27N5O. The third-order valence-corrected chi connectivity index (χ3v) is 4.79. The average Bonchev–Trinajstić information content (AvgIpc) is 3.20. The van der Waals surface area contributed by atoms with Crippen LogP contribution >= 0.6 is 0 Å². The van der Waals surface area contributed by atoms with E-state index in [1.807, 2.05) is 28.6 Å². The van der Waals surface area contributed by atoms with Crippen LogP contribution < -0.4 is 5.32 Å². The van der Waals surface area contributed by atoms with E-state index in [0.717, 1.165) is 37.3 Å². The number of pyridine rings is 1. The quantitative estimate of drug-likeness (QED) is 0.909. The summed E-state index contributed by atoms with van der Waals surface area (Å²) < 4.78 is 2.02. The highest BCUT2D eigenvalue weighted by molar-refractivity contribution is 5.75. The number of urea groups is 1. The minimum atomic E-state index is 0.0273. The van der Waals surface area contributed by atoms with Crippen molar-refractivity contribution in [2.24, 2.45) is 5.92 Å². The predicted molar refractivity (Wildman–Crippen MR) is 97.2 cm³/mol. The van der Waals surface area contributed by atoms with Crippen LogP contribution in [-0.4, -0.2) is 38.8 Å². The molecule has 0 aromatic carbocycles. The van der Waals surface area contributed by atoms with Crippen LogP contribution in [0.4, 0.5) is 4.79 Å². The van der Waals surface area contributed by atoms with Gasteiger partial charge in [0.15, 0.2) is 0 Å². The normalized spacial score (nSPS) is 18.4. The summed E-state index contributed by atoms with van der Waals surface area (Å²) in [6, 6.07) is 6.27. The molecular weight excluding hydrogens is 314 g/mol. The monoisotopic (exact) mass is 341 g/mol. The minimum absolute atomic E-state index is 0.0273. The molecule has 1 aliphatic rings. The van der Waals surface area contributed by atoms with E-state index in [1.54, 1.807) is 12.4 Å². The van der Waals surface area contributed by atoms with Gasteiger partial charge in [0.05, 0.1) is 11.7 Å². The van der Waals surface area contributed by atoms with E-state index in [-0.39, 0.29) is 12.1 Å². The fourth-order valence-electron chi connectivity index (χ4n) is 3.52. The van der Waals surface area contributed by atoms with Crippen molar-refractivity contribution < 1.29 is 4.79 Å². The number of rotatable bonds is 5. The molecule has 134 valence electrons. The molecule has 2 aromatic heterocycles. The van der Waals surface area contributed by atoms with Crippen molar-refractivity contribution in [1.29, 1.82) is 0 Å². The van der Waals surface area contributed by atoms with Gasteiger partial charge in [-0.15, -0.1) is 0 Å². The highest BCUT2D eigenvalue weighted by atomic mass is 16.2. The molecule has 0 radical (unpaired) electrons. The van der Waals surface area contributed by atoms with E-state index in [9.17, 15) is 4.79 Å². The number of amides is 2. The van der Waals surface area contributed by atoms with Crippen molar-refractivity contribution in [3.05, 3.63) is 47.5 Å². The predicted octanol–water partition coefficient (Wildman–Crippen LogP) is 3.08. The highest BCUT2D eigenvalue weighted by Crippen LogP contribution is 2.31. The van der Waals surface area contributed by atoms with E-state index < -0.39 is 0 Å². The summed E-state index contributed by atoms with van der Waals surface area (Å²) in [7, 11) is 0. The van der Waals surface area contributed by atoms with Gasteiger partial charge in [0.25, 0.3) is 0 Å². The standard InChI is InChI=1S/C19H27N5O/c1-14(13-24-16(3)11-15(2)22-24)12-21-19(25)23-10-4-5-18(23)17-6-8-20-9-7-17/h6-9,11,14,18H,4-5,10,12-13H2,1-3H3,(H,21,25)/t14-,18+/m0/s1. The maximum atomic E-state index is 12.6. The van der Waals surface area contributed by atoms with Crippen LogP contribution in [0.25, 0.3) is 0 Å². The maximum absolute atomic E-state index is 12.6. The van der Waals surface area contributed by atoms with Crippen molar-refractivity contribution in [3.8, 4) is 0 Å². The molecule has 2 amide bonds. The topological polar surface area (TPSA) is 63.1 Å². The van der Waals surface area contributed by atoms with Gasteiger partial charge in [-0.2, -0.15) is 5.10 Å². The van der Waals surface area contributed by atoms with E-state index in [0.29, 0.717) is 12.5 Å². The zero-order valence-corrected chi connectivity index (χ0v) is 15.3. The molecule has 1 fully saturated rings. The lowest BCUT2D eigenvalue weighted by Crippen LogP contribution is -2.41. The Morgan fingerprint density at radius 1 is 1.36 bits per heavy atom. The highest BCUT2D eigenvalue weighted by Gasteiger charge is 2.29. The Morgan fingerprint density at radius 2 is 2.12 bits per heavy atom. The lowest BCUT2D eigenvalue weighted by Gasteiger charge is -2.26. The van der Waals surface area contributed by atoms with E-state index in [1.165, 1.54) is 5.56 Å². The van der Waals surface area contributed by atoms with Crippen molar-refractivity contribution in [2.75, 3.05) is 13.1 Å². The Hall–Kier alpha value is -2.37. The zero-order valence-electron chi connectivity index (χ0n) is 15.3. The smallest absolute Gasteiger partial charge is 0.317 e. The van der Waals surface area contributed by atoms with Crippen molar-refractivity contribution in [2.45, 2.75) is 46.2 Å². The van der Waals surface area contributed by atoms with Gasteiger partial charge in [0.2, 0.25) is 0 Å². The van der Waals surface area contributed by atoms with Crippen molar-refractivity contribution >= 4 is 6.03 Å². The van der Waals surface area contributed by atoms with Gasteiger partial charge < -0.3 is 10.2 Å². The van der Waals surface area contributed by atoms with Crippen LogP contribution in [0.2, 0.25) is 0 Å². The second kappa shape index (κ2) is 7.68. The van der Waals surface area contributed by atoms with Crippen LogP contribution in [-0.2, 0) is 6.54 Å². The first-order valence-electron chi connectivity index (χ1n) is 9.00. The fraction of sp³-hybridized carbons (Fsp3) is 0.526. The van der Waals surface area contributed by atoms with Crippen LogP contribution in [0.3, 0.4) is 0 Å². The molecule has 0 saturated carbocycles. The van der Waals surface area contributed by atoms with Gasteiger partial charge >= 0.3 is 6.03 Å². The van der Waals surface area contributed by atoms with Crippen molar-refractivity contribution in [1.82, 2.24) is 25.0 Å². The largest absolute Gasteiger partial charge is 0.338 e. The van der Waals surface area contributed by atoms with Gasteiger partial charge in [-0.3, -0.25) is 9.67 Å². The first-order chi connectivity index (χ1) is 12.0. The first kappa shape index (κ1) is 17.5. The molecule has 3 heterocycles. The summed E-state index contributed by atoms with van der Waals surface area (Å²) >= 11 is 0. The van der Waals surface area contributed by atoms with Crippen LogP contribution in [0, 0.1) is 19.8 Å². The van der Waals surface area contributed by atoms with Crippen LogP contribution in [0.1, 0.15) is 42.8 Å². The van der Waals surface area contributed by atoms with Gasteiger partial charge in [-0.1, -0.05) is 6.92 Å². The molecule has 2 aromatic rings. The molecule has 0 unspecified atom stereocenters. The molecule has 6 heteroatoms. The minimum Gasteiger partial charge on any atom is -0.338 e. The lowest BCUT2D eigenvalue weighted by molar-refractivity contribution is 0.190. The molecule has 1 saturated heterocycles. The molecule has 1 N–H and O–H groups in total. The number of likely N-dealkylation sites (tertiary alicyclic amines) is 1. The maximum Gasteiger partial charge on any atom is 0.317 e. The molecule has 1 aliphatic heterocycles. The number of nitrogens with one attached hydrogen (secondary N) is 1. The molecule has 0 spiro atoms. The molecule has 0 aliphatic carbocycles. The van der Waals surface area contributed by atoms with Gasteiger partial charge in [0, 0.05) is 37.7 Å². The third-order valence-electron chi connectivity index (χ3n) is 4.79. The third kappa shape index (κ3) is 4.18. The Morgan fingerprint density at radius 3 is 2.80 bits per heavy atom. The van der Waals surface area contributed by atoms with E-state index in [2.05, 4.69) is 35.3 Å². The zero-order chi connectivity index (χ0) is 17.8. The van der Waals surface area contributed by atoms with Crippen LogP contribution in [0.15, 0.2) is 30.6 Å². The summed E-state index contributed by atoms with van der Waals surface area (Å²) in [5, 5.41) is 7.59. The number of aromatic nitrogens is 3. The number of aryl methyl sites for hydroxylation is 2. The number of hydrogen-bond donors (Lipinski definition) is 1. The summed E-state index contributed by atoms with van der Waals surface area (Å²) in [4.78, 5) is 18.7. The first-order valence-corrected chi connectivity index (χ1v) is 9.00. The van der Waals surface area contributed by atoms with Crippen molar-refractivity contribution in [3.63, 3.8) is 0 Å². The number of nitrogens with zero attached hydrogens (tertiary/aromatic N) is 4. The van der Waals surface area contributed by atoms with Gasteiger partial charge in [-0.05, 0) is 56.4 Å². The number of carbonyl (C=O) groups is 1. The summed E-state index contributed by atoms with van der Waals surface area (Å²) in [6.07, 6.45) is 5.64. The number of carbonyl (C=O) groups excluding carboxylic acids is 1. The molecule has 6 nitrogen and oxygen atoms in total. The Bertz CT molecular complexity index is 712. The molecule has 0 bridgehead atoms. The SMILES string of the molecule is Cc1cc(C)n(C[C@@H](C)CNC(=O)N2CCC[C@@H]2c2ccncc2)n1. The second-order valence-corrected chi connectivity index (χ2v) is 7.03. The Labute approximate surface area is 149 Å². The van der Waals surface area contributed by atoms with Crippen LogP contribution in [0.5, 0.6) is 0 Å². The molecule has 25 heavy (non-hydrogen) atoms. The number of hydrogen-bond acceptors (Lipinski definition) is 3. The Kier molecular flexibility index (Phi) is 5.36.